The summed E-state index contributed by atoms with van der Waals surface area (Å²) < 4.78 is 0. The Hall–Kier alpha value is -1.32. The molecule has 0 aliphatic heterocycles. The fourth-order valence-corrected chi connectivity index (χ4v) is 2.67. The van der Waals surface area contributed by atoms with Gasteiger partial charge in [-0.25, -0.2) is 9.97 Å². The van der Waals surface area contributed by atoms with Crippen molar-refractivity contribution in [2.75, 3.05) is 23.7 Å². The normalized spacial score (nSPS) is 15.9. The molecule has 0 spiro atoms. The van der Waals surface area contributed by atoms with Gasteiger partial charge in [-0.05, 0) is 32.1 Å². The average molecular weight is 248 g/mol. The lowest BCUT2D eigenvalue weighted by Gasteiger charge is -2.16. The topological polar surface area (TPSA) is 49.8 Å². The average Bonchev–Trinajstić information content (AvgIpc) is 2.90. The zero-order chi connectivity index (χ0) is 12.8. The molecule has 4 heteroatoms. The Morgan fingerprint density at radius 2 is 1.78 bits per heavy atom. The second kappa shape index (κ2) is 6.57. The van der Waals surface area contributed by atoms with Gasteiger partial charge in [0.15, 0.2) is 0 Å². The molecular weight excluding hydrogens is 224 g/mol. The number of aromatic nitrogens is 2. The number of hydrogen-bond donors (Lipinski definition) is 2. The molecule has 1 aliphatic rings. The lowest BCUT2D eigenvalue weighted by atomic mass is 10.1. The Bertz CT molecular complexity index is 372. The SMILES string of the molecule is CCNc1ncnc(NCC2CCCC2)c1CC. The maximum absolute atomic E-state index is 4.39. The van der Waals surface area contributed by atoms with Gasteiger partial charge in [-0.2, -0.15) is 0 Å². The predicted octanol–water partition coefficient (Wildman–Crippen LogP) is 3.07. The van der Waals surface area contributed by atoms with Gasteiger partial charge in [0, 0.05) is 18.7 Å². The molecule has 1 fully saturated rings. The molecule has 0 saturated heterocycles. The standard InChI is InChI=1S/C14H24N4/c1-3-12-13(15-4-2)17-10-18-14(12)16-9-11-7-5-6-8-11/h10-11H,3-9H2,1-2H3,(H2,15,16,17,18). The van der Waals surface area contributed by atoms with Crippen LogP contribution in [-0.2, 0) is 6.42 Å². The minimum Gasteiger partial charge on any atom is -0.370 e. The monoisotopic (exact) mass is 248 g/mol. The Labute approximate surface area is 110 Å². The van der Waals surface area contributed by atoms with Crippen LogP contribution in [0.5, 0.6) is 0 Å². The first-order chi connectivity index (χ1) is 8.85. The van der Waals surface area contributed by atoms with E-state index in [9.17, 15) is 0 Å². The van der Waals surface area contributed by atoms with Gasteiger partial charge < -0.3 is 10.6 Å². The Balaban J connectivity index is 2.03. The molecule has 1 saturated carbocycles. The fraction of sp³-hybridized carbons (Fsp3) is 0.714. The summed E-state index contributed by atoms with van der Waals surface area (Å²) in [6.45, 7) is 6.19. The van der Waals surface area contributed by atoms with Crippen molar-refractivity contribution >= 4 is 11.6 Å². The molecule has 2 rings (SSSR count). The first-order valence-electron chi connectivity index (χ1n) is 7.16. The van der Waals surface area contributed by atoms with Crippen molar-refractivity contribution in [1.82, 2.24) is 9.97 Å². The lowest BCUT2D eigenvalue weighted by Crippen LogP contribution is -2.15. The van der Waals surface area contributed by atoms with E-state index in [1.807, 2.05) is 0 Å². The quantitative estimate of drug-likeness (QED) is 0.812. The molecule has 0 radical (unpaired) electrons. The van der Waals surface area contributed by atoms with Gasteiger partial charge >= 0.3 is 0 Å². The minimum absolute atomic E-state index is 0.826. The van der Waals surface area contributed by atoms with Crippen LogP contribution in [-0.4, -0.2) is 23.1 Å². The van der Waals surface area contributed by atoms with Crippen LogP contribution < -0.4 is 10.6 Å². The fourth-order valence-electron chi connectivity index (χ4n) is 2.67. The van der Waals surface area contributed by atoms with Crippen LogP contribution in [0, 0.1) is 5.92 Å². The molecule has 0 unspecified atom stereocenters. The van der Waals surface area contributed by atoms with E-state index >= 15 is 0 Å². The molecule has 18 heavy (non-hydrogen) atoms. The van der Waals surface area contributed by atoms with Crippen molar-refractivity contribution in [3.8, 4) is 0 Å². The number of nitrogens with zero attached hydrogens (tertiary/aromatic N) is 2. The van der Waals surface area contributed by atoms with E-state index in [2.05, 4.69) is 34.4 Å². The lowest BCUT2D eigenvalue weighted by molar-refractivity contribution is 0.578. The third-order valence-corrected chi connectivity index (χ3v) is 3.68. The van der Waals surface area contributed by atoms with E-state index in [4.69, 9.17) is 0 Å². The number of rotatable bonds is 6. The molecule has 2 N–H and O–H groups in total. The summed E-state index contributed by atoms with van der Waals surface area (Å²) in [5.74, 6) is 2.81. The largest absolute Gasteiger partial charge is 0.370 e. The van der Waals surface area contributed by atoms with Gasteiger partial charge in [0.05, 0.1) is 0 Å². The first kappa shape index (κ1) is 13.1. The highest BCUT2D eigenvalue weighted by Gasteiger charge is 2.16. The van der Waals surface area contributed by atoms with Crippen molar-refractivity contribution in [2.45, 2.75) is 46.0 Å². The van der Waals surface area contributed by atoms with E-state index in [-0.39, 0.29) is 0 Å². The third kappa shape index (κ3) is 3.12. The van der Waals surface area contributed by atoms with Gasteiger partial charge in [-0.3, -0.25) is 0 Å². The summed E-state index contributed by atoms with van der Waals surface area (Å²) in [5.41, 5.74) is 1.21. The van der Waals surface area contributed by atoms with Gasteiger partial charge in [-0.1, -0.05) is 19.8 Å². The molecule has 4 nitrogen and oxygen atoms in total. The van der Waals surface area contributed by atoms with Crippen LogP contribution in [0.3, 0.4) is 0 Å². The van der Waals surface area contributed by atoms with Crippen LogP contribution in [0.25, 0.3) is 0 Å². The van der Waals surface area contributed by atoms with E-state index < -0.39 is 0 Å². The van der Waals surface area contributed by atoms with E-state index in [1.54, 1.807) is 6.33 Å². The smallest absolute Gasteiger partial charge is 0.134 e. The van der Waals surface area contributed by atoms with E-state index in [0.717, 1.165) is 37.1 Å². The van der Waals surface area contributed by atoms with Crippen LogP contribution in [0.15, 0.2) is 6.33 Å². The van der Waals surface area contributed by atoms with Crippen molar-refractivity contribution in [2.24, 2.45) is 5.92 Å². The maximum atomic E-state index is 4.39. The third-order valence-electron chi connectivity index (χ3n) is 3.68. The second-order valence-corrected chi connectivity index (χ2v) is 4.96. The molecule has 0 aromatic carbocycles. The molecule has 0 bridgehead atoms. The highest BCUT2D eigenvalue weighted by molar-refractivity contribution is 5.57. The molecule has 0 atom stereocenters. The number of hydrogen-bond acceptors (Lipinski definition) is 4. The minimum atomic E-state index is 0.826. The summed E-state index contributed by atoms with van der Waals surface area (Å²) >= 11 is 0. The van der Waals surface area contributed by atoms with Crippen molar-refractivity contribution < 1.29 is 0 Å². The molecule has 1 aromatic heterocycles. The Kier molecular flexibility index (Phi) is 4.79. The van der Waals surface area contributed by atoms with Gasteiger partial charge in [-0.15, -0.1) is 0 Å². The summed E-state index contributed by atoms with van der Waals surface area (Å²) in [4.78, 5) is 8.71. The molecule has 1 aromatic rings. The maximum Gasteiger partial charge on any atom is 0.134 e. The number of nitrogens with one attached hydrogen (secondary N) is 2. The molecule has 0 amide bonds. The molecule has 100 valence electrons. The number of anilines is 2. The van der Waals surface area contributed by atoms with Crippen molar-refractivity contribution in [1.29, 1.82) is 0 Å². The van der Waals surface area contributed by atoms with Gasteiger partial charge in [0.1, 0.15) is 18.0 Å². The van der Waals surface area contributed by atoms with Crippen molar-refractivity contribution in [3.63, 3.8) is 0 Å². The van der Waals surface area contributed by atoms with Gasteiger partial charge in [0.2, 0.25) is 0 Å². The molecular formula is C14H24N4. The highest BCUT2D eigenvalue weighted by atomic mass is 15.1. The van der Waals surface area contributed by atoms with Crippen LogP contribution in [0.2, 0.25) is 0 Å². The van der Waals surface area contributed by atoms with Crippen LogP contribution in [0.4, 0.5) is 11.6 Å². The highest BCUT2D eigenvalue weighted by Crippen LogP contribution is 2.26. The zero-order valence-corrected chi connectivity index (χ0v) is 11.5. The molecule has 1 heterocycles. The van der Waals surface area contributed by atoms with Crippen LogP contribution >= 0.6 is 0 Å². The zero-order valence-electron chi connectivity index (χ0n) is 11.5. The summed E-state index contributed by atoms with van der Waals surface area (Å²) in [7, 11) is 0. The van der Waals surface area contributed by atoms with E-state index in [0.29, 0.717) is 0 Å². The molecule has 1 aliphatic carbocycles. The summed E-state index contributed by atoms with van der Waals surface area (Å²) in [5, 5.41) is 6.82. The van der Waals surface area contributed by atoms with Crippen LogP contribution in [0.1, 0.15) is 45.1 Å². The first-order valence-corrected chi connectivity index (χ1v) is 7.16. The predicted molar refractivity (Wildman–Crippen MR) is 76.0 cm³/mol. The Morgan fingerprint density at radius 1 is 1.11 bits per heavy atom. The van der Waals surface area contributed by atoms with Gasteiger partial charge in [0.25, 0.3) is 0 Å². The summed E-state index contributed by atoms with van der Waals surface area (Å²) in [6, 6.07) is 0. The second-order valence-electron chi connectivity index (χ2n) is 4.96. The Morgan fingerprint density at radius 3 is 2.39 bits per heavy atom. The summed E-state index contributed by atoms with van der Waals surface area (Å²) in [6.07, 6.45) is 8.10. The van der Waals surface area contributed by atoms with Crippen molar-refractivity contribution in [3.05, 3.63) is 11.9 Å². The van der Waals surface area contributed by atoms with E-state index in [1.165, 1.54) is 31.2 Å².